The molecule has 0 spiro atoms. The van der Waals surface area contributed by atoms with E-state index < -0.39 is 0 Å². The van der Waals surface area contributed by atoms with Gasteiger partial charge < -0.3 is 9.47 Å². The van der Waals surface area contributed by atoms with Crippen molar-refractivity contribution in [3.63, 3.8) is 0 Å². The molecule has 2 heterocycles. The quantitative estimate of drug-likeness (QED) is 0.655. The lowest BCUT2D eigenvalue weighted by Crippen LogP contribution is -2.00. The van der Waals surface area contributed by atoms with E-state index >= 15 is 0 Å². The van der Waals surface area contributed by atoms with E-state index in [1.54, 1.807) is 24.8 Å². The average molecular weight is 272 g/mol. The number of pyridine rings is 2. The molecule has 0 bridgehead atoms. The predicted octanol–water partition coefficient (Wildman–Crippen LogP) is 3.49. The van der Waals surface area contributed by atoms with Gasteiger partial charge in [0.1, 0.15) is 11.5 Å². The lowest BCUT2D eigenvalue weighted by atomic mass is 10.2. The first kappa shape index (κ1) is 14.3. The minimum atomic E-state index is 0.745. The number of rotatable bonds is 9. The van der Waals surface area contributed by atoms with Gasteiger partial charge in [-0.25, -0.2) is 0 Å². The molecular weight excluding hydrogens is 252 g/mol. The van der Waals surface area contributed by atoms with Crippen LogP contribution in [0.5, 0.6) is 11.5 Å². The van der Waals surface area contributed by atoms with Crippen LogP contribution in [0.15, 0.2) is 49.1 Å². The molecule has 0 N–H and O–H groups in total. The second-order valence-electron chi connectivity index (χ2n) is 4.49. The molecule has 0 saturated heterocycles. The first-order valence-electron chi connectivity index (χ1n) is 7.01. The van der Waals surface area contributed by atoms with Gasteiger partial charge in [0.05, 0.1) is 25.6 Å². The summed E-state index contributed by atoms with van der Waals surface area (Å²) in [6, 6.07) is 7.61. The maximum atomic E-state index is 5.58. The molecule has 0 saturated carbocycles. The minimum Gasteiger partial charge on any atom is -0.492 e. The number of hydrogen-bond donors (Lipinski definition) is 0. The van der Waals surface area contributed by atoms with E-state index in [9.17, 15) is 0 Å². The summed E-state index contributed by atoms with van der Waals surface area (Å²) in [6.45, 7) is 1.49. The highest BCUT2D eigenvalue weighted by Gasteiger charge is 1.95. The van der Waals surface area contributed by atoms with Crippen LogP contribution in [0.1, 0.15) is 25.7 Å². The standard InChI is InChI=1S/C16H20N2O2/c1(3-11-19-15-7-5-9-17-13-15)2-4-12-20-16-8-6-10-18-14-16/h5-10,13-14H,1-4,11-12H2. The molecule has 0 aliphatic heterocycles. The van der Waals surface area contributed by atoms with Gasteiger partial charge in [0, 0.05) is 12.4 Å². The first-order valence-corrected chi connectivity index (χ1v) is 7.01. The smallest absolute Gasteiger partial charge is 0.137 e. The minimum absolute atomic E-state index is 0.745. The second-order valence-corrected chi connectivity index (χ2v) is 4.49. The molecule has 0 atom stereocenters. The van der Waals surface area contributed by atoms with Crippen LogP contribution in [0.4, 0.5) is 0 Å². The lowest BCUT2D eigenvalue weighted by Gasteiger charge is -2.06. The van der Waals surface area contributed by atoms with Crippen molar-refractivity contribution in [3.05, 3.63) is 49.1 Å². The van der Waals surface area contributed by atoms with Crippen LogP contribution in [-0.4, -0.2) is 23.2 Å². The average Bonchev–Trinajstić information content (AvgIpc) is 2.52. The van der Waals surface area contributed by atoms with E-state index in [2.05, 4.69) is 9.97 Å². The van der Waals surface area contributed by atoms with Gasteiger partial charge in [0.15, 0.2) is 0 Å². The summed E-state index contributed by atoms with van der Waals surface area (Å²) in [5.74, 6) is 1.68. The van der Waals surface area contributed by atoms with Gasteiger partial charge in [-0.3, -0.25) is 9.97 Å². The fourth-order valence-electron chi connectivity index (χ4n) is 1.80. The monoisotopic (exact) mass is 272 g/mol. The SMILES string of the molecule is c1cncc(OCCCCCCOc2cccnc2)c1. The van der Waals surface area contributed by atoms with Crippen LogP contribution in [0, 0.1) is 0 Å². The van der Waals surface area contributed by atoms with Crippen LogP contribution in [0.2, 0.25) is 0 Å². The van der Waals surface area contributed by atoms with Crippen molar-refractivity contribution >= 4 is 0 Å². The highest BCUT2D eigenvalue weighted by molar-refractivity contribution is 5.15. The van der Waals surface area contributed by atoms with Crippen LogP contribution in [0.25, 0.3) is 0 Å². The largest absolute Gasteiger partial charge is 0.492 e. The third kappa shape index (κ3) is 5.69. The van der Waals surface area contributed by atoms with Crippen LogP contribution < -0.4 is 9.47 Å². The molecular formula is C16H20N2O2. The molecule has 20 heavy (non-hydrogen) atoms. The van der Waals surface area contributed by atoms with Crippen LogP contribution in [0.3, 0.4) is 0 Å². The maximum Gasteiger partial charge on any atom is 0.137 e. The molecule has 106 valence electrons. The summed E-state index contributed by atoms with van der Waals surface area (Å²) in [4.78, 5) is 8.01. The Hall–Kier alpha value is -2.10. The van der Waals surface area contributed by atoms with Gasteiger partial charge in [0.25, 0.3) is 0 Å². The van der Waals surface area contributed by atoms with Crippen molar-refractivity contribution in [1.82, 2.24) is 9.97 Å². The fourth-order valence-corrected chi connectivity index (χ4v) is 1.80. The van der Waals surface area contributed by atoms with Gasteiger partial charge in [-0.05, 0) is 49.9 Å². The summed E-state index contributed by atoms with van der Waals surface area (Å²) in [6.07, 6.45) is 11.4. The van der Waals surface area contributed by atoms with E-state index in [1.165, 1.54) is 0 Å². The summed E-state index contributed by atoms with van der Waals surface area (Å²) in [5.41, 5.74) is 0. The zero-order valence-corrected chi connectivity index (χ0v) is 11.6. The van der Waals surface area contributed by atoms with E-state index in [0.717, 1.165) is 50.4 Å². The van der Waals surface area contributed by atoms with Gasteiger partial charge in [-0.15, -0.1) is 0 Å². The third-order valence-corrected chi connectivity index (χ3v) is 2.84. The topological polar surface area (TPSA) is 44.2 Å². The highest BCUT2D eigenvalue weighted by atomic mass is 16.5. The van der Waals surface area contributed by atoms with E-state index in [1.807, 2.05) is 24.3 Å². The molecule has 4 heteroatoms. The number of unbranched alkanes of at least 4 members (excludes halogenated alkanes) is 3. The predicted molar refractivity (Wildman–Crippen MR) is 77.9 cm³/mol. The normalized spacial score (nSPS) is 10.2. The molecule has 0 amide bonds. The number of ether oxygens (including phenoxy) is 2. The van der Waals surface area contributed by atoms with Crippen molar-refractivity contribution in [3.8, 4) is 11.5 Å². The Kier molecular flexibility index (Phi) is 6.37. The van der Waals surface area contributed by atoms with Crippen molar-refractivity contribution in [2.75, 3.05) is 13.2 Å². The Bertz CT molecular complexity index is 417. The highest BCUT2D eigenvalue weighted by Crippen LogP contribution is 2.09. The molecule has 4 nitrogen and oxygen atoms in total. The van der Waals surface area contributed by atoms with E-state index in [-0.39, 0.29) is 0 Å². The summed E-state index contributed by atoms with van der Waals surface area (Å²) in [5, 5.41) is 0. The second kappa shape index (κ2) is 8.91. The fraction of sp³-hybridized carbons (Fsp3) is 0.375. The number of nitrogens with zero attached hydrogens (tertiary/aromatic N) is 2. The van der Waals surface area contributed by atoms with Crippen LogP contribution >= 0.6 is 0 Å². The van der Waals surface area contributed by atoms with Crippen molar-refractivity contribution in [2.45, 2.75) is 25.7 Å². The van der Waals surface area contributed by atoms with E-state index in [0.29, 0.717) is 0 Å². The summed E-state index contributed by atoms with van der Waals surface area (Å²) >= 11 is 0. The molecule has 2 rings (SSSR count). The molecule has 0 aliphatic rings. The number of aromatic nitrogens is 2. The number of hydrogen-bond acceptors (Lipinski definition) is 4. The molecule has 0 unspecified atom stereocenters. The Balaban J connectivity index is 1.44. The van der Waals surface area contributed by atoms with Gasteiger partial charge >= 0.3 is 0 Å². The molecule has 2 aromatic rings. The first-order chi connectivity index (χ1) is 9.95. The zero-order valence-electron chi connectivity index (χ0n) is 11.6. The van der Waals surface area contributed by atoms with Crippen molar-refractivity contribution in [2.24, 2.45) is 0 Å². The molecule has 0 aromatic carbocycles. The Labute approximate surface area is 119 Å². The summed E-state index contributed by atoms with van der Waals surface area (Å²) < 4.78 is 11.2. The third-order valence-electron chi connectivity index (χ3n) is 2.84. The van der Waals surface area contributed by atoms with Gasteiger partial charge in [-0.2, -0.15) is 0 Å². The maximum absolute atomic E-state index is 5.58. The molecule has 0 aliphatic carbocycles. The lowest BCUT2D eigenvalue weighted by molar-refractivity contribution is 0.286. The van der Waals surface area contributed by atoms with Crippen molar-refractivity contribution in [1.29, 1.82) is 0 Å². The molecule has 2 aromatic heterocycles. The molecule has 0 fully saturated rings. The molecule has 0 radical (unpaired) electrons. The Morgan fingerprint density at radius 1 is 0.700 bits per heavy atom. The van der Waals surface area contributed by atoms with Crippen molar-refractivity contribution < 1.29 is 9.47 Å². The Morgan fingerprint density at radius 2 is 1.20 bits per heavy atom. The zero-order chi connectivity index (χ0) is 13.9. The van der Waals surface area contributed by atoms with Gasteiger partial charge in [-0.1, -0.05) is 0 Å². The summed E-state index contributed by atoms with van der Waals surface area (Å²) in [7, 11) is 0. The van der Waals surface area contributed by atoms with Gasteiger partial charge in [0.2, 0.25) is 0 Å². The Morgan fingerprint density at radius 3 is 1.60 bits per heavy atom. The van der Waals surface area contributed by atoms with Crippen LogP contribution in [-0.2, 0) is 0 Å². The van der Waals surface area contributed by atoms with E-state index in [4.69, 9.17) is 9.47 Å².